The number of nitrogens with one attached hydrogen (secondary N) is 2. The summed E-state index contributed by atoms with van der Waals surface area (Å²) in [4.78, 5) is 1.08. The molecule has 1 aromatic heterocycles. The van der Waals surface area contributed by atoms with Gasteiger partial charge in [-0.3, -0.25) is 4.72 Å². The zero-order valence-corrected chi connectivity index (χ0v) is 13.3. The van der Waals surface area contributed by atoms with Gasteiger partial charge in [0.15, 0.2) is 0 Å². The van der Waals surface area contributed by atoms with Crippen LogP contribution in [0.4, 0.5) is 5.69 Å². The molecule has 0 aliphatic heterocycles. The minimum absolute atomic E-state index is 0.295. The second-order valence-electron chi connectivity index (χ2n) is 4.07. The van der Waals surface area contributed by atoms with Crippen LogP contribution >= 0.6 is 22.9 Å². The van der Waals surface area contributed by atoms with Gasteiger partial charge in [0.05, 0.1) is 10.7 Å². The summed E-state index contributed by atoms with van der Waals surface area (Å²) in [5.41, 5.74) is 0.384. The lowest BCUT2D eigenvalue weighted by Crippen LogP contribution is -2.17. The molecule has 7 heteroatoms. The first kappa shape index (κ1) is 15.3. The first-order valence-corrected chi connectivity index (χ1v) is 8.83. The summed E-state index contributed by atoms with van der Waals surface area (Å²) in [6.07, 6.45) is 0. The molecule has 0 bridgehead atoms. The predicted molar refractivity (Wildman–Crippen MR) is 84.0 cm³/mol. The molecule has 0 atom stereocenters. The lowest BCUT2D eigenvalue weighted by molar-refractivity contribution is 0.599. The molecule has 0 fully saturated rings. The number of thiophene rings is 1. The molecule has 0 radical (unpaired) electrons. The zero-order valence-electron chi connectivity index (χ0n) is 10.9. The van der Waals surface area contributed by atoms with Gasteiger partial charge in [-0.05, 0) is 30.1 Å². The number of hydrogen-bond donors (Lipinski definition) is 2. The number of para-hydroxylation sites is 1. The van der Waals surface area contributed by atoms with E-state index >= 15 is 0 Å². The van der Waals surface area contributed by atoms with E-state index in [1.165, 1.54) is 11.3 Å². The maximum absolute atomic E-state index is 12.4. The molecule has 2 N–H and O–H groups in total. The highest BCUT2D eigenvalue weighted by Crippen LogP contribution is 2.27. The van der Waals surface area contributed by atoms with Crippen molar-refractivity contribution in [2.24, 2.45) is 0 Å². The Morgan fingerprint density at radius 2 is 2.00 bits per heavy atom. The van der Waals surface area contributed by atoms with E-state index in [1.54, 1.807) is 35.7 Å². The van der Waals surface area contributed by atoms with Gasteiger partial charge in [0.25, 0.3) is 10.0 Å². The molecule has 0 saturated carbocycles. The van der Waals surface area contributed by atoms with E-state index < -0.39 is 10.0 Å². The fourth-order valence-electron chi connectivity index (χ4n) is 1.68. The fourth-order valence-corrected chi connectivity index (χ4v) is 4.41. The first-order chi connectivity index (χ1) is 9.54. The highest BCUT2D eigenvalue weighted by Gasteiger charge is 2.20. The summed E-state index contributed by atoms with van der Waals surface area (Å²) in [5, 5.41) is 5.28. The maximum atomic E-state index is 12.4. The first-order valence-electron chi connectivity index (χ1n) is 6.09. The number of anilines is 1. The van der Waals surface area contributed by atoms with Crippen LogP contribution < -0.4 is 10.0 Å². The third kappa shape index (κ3) is 3.52. The Hall–Kier alpha value is -1.08. The molecule has 4 nitrogen and oxygen atoms in total. The van der Waals surface area contributed by atoms with Crippen LogP contribution in [0, 0.1) is 0 Å². The van der Waals surface area contributed by atoms with E-state index in [4.69, 9.17) is 11.6 Å². The lowest BCUT2D eigenvalue weighted by Gasteiger charge is -2.10. The van der Waals surface area contributed by atoms with E-state index in [-0.39, 0.29) is 0 Å². The van der Waals surface area contributed by atoms with Crippen LogP contribution in [0.5, 0.6) is 0 Å². The average molecular weight is 331 g/mol. The van der Waals surface area contributed by atoms with Crippen molar-refractivity contribution in [2.75, 3.05) is 11.3 Å². The molecule has 108 valence electrons. The van der Waals surface area contributed by atoms with Crippen LogP contribution in [0.25, 0.3) is 0 Å². The molecule has 1 aromatic carbocycles. The largest absolute Gasteiger partial charge is 0.312 e. The molecule has 0 spiro atoms. The topological polar surface area (TPSA) is 58.2 Å². The van der Waals surface area contributed by atoms with Gasteiger partial charge >= 0.3 is 0 Å². The fraction of sp³-hybridized carbons (Fsp3) is 0.231. The van der Waals surface area contributed by atoms with Gasteiger partial charge in [-0.15, -0.1) is 11.3 Å². The SMILES string of the molecule is CCNCc1sccc1S(=O)(=O)Nc1ccccc1Cl. The molecule has 20 heavy (non-hydrogen) atoms. The lowest BCUT2D eigenvalue weighted by atomic mass is 10.3. The summed E-state index contributed by atoms with van der Waals surface area (Å²) >= 11 is 7.39. The summed E-state index contributed by atoms with van der Waals surface area (Å²) in [5.74, 6) is 0. The van der Waals surface area contributed by atoms with Crippen molar-refractivity contribution in [3.63, 3.8) is 0 Å². The van der Waals surface area contributed by atoms with Crippen molar-refractivity contribution in [3.05, 3.63) is 45.6 Å². The van der Waals surface area contributed by atoms with Gasteiger partial charge in [-0.25, -0.2) is 8.42 Å². The van der Waals surface area contributed by atoms with E-state index in [1.807, 2.05) is 6.92 Å². The van der Waals surface area contributed by atoms with E-state index in [0.29, 0.717) is 22.2 Å². The summed E-state index contributed by atoms with van der Waals surface area (Å²) in [6, 6.07) is 8.37. The average Bonchev–Trinajstić information content (AvgIpc) is 2.88. The van der Waals surface area contributed by atoms with Crippen molar-refractivity contribution in [2.45, 2.75) is 18.4 Å². The Bertz CT molecular complexity index is 683. The van der Waals surface area contributed by atoms with E-state index in [9.17, 15) is 8.42 Å². The van der Waals surface area contributed by atoms with Crippen molar-refractivity contribution in [1.82, 2.24) is 5.32 Å². The number of benzene rings is 1. The van der Waals surface area contributed by atoms with Gasteiger partial charge in [0.1, 0.15) is 4.90 Å². The Balaban J connectivity index is 2.27. The third-order valence-electron chi connectivity index (χ3n) is 2.65. The Labute approximate surface area is 127 Å². The standard InChI is InChI=1S/C13H15ClN2O2S2/c1-2-15-9-12-13(7-8-19-12)20(17,18)16-11-6-4-3-5-10(11)14/h3-8,15-16H,2,9H2,1H3. The van der Waals surface area contributed by atoms with Crippen LogP contribution in [0.2, 0.25) is 5.02 Å². The highest BCUT2D eigenvalue weighted by molar-refractivity contribution is 7.93. The molecular formula is C13H15ClN2O2S2. The molecule has 2 aromatic rings. The molecule has 0 amide bonds. The predicted octanol–water partition coefficient (Wildman–Crippen LogP) is 3.31. The van der Waals surface area contributed by atoms with E-state index in [0.717, 1.165) is 11.4 Å². The van der Waals surface area contributed by atoms with Gasteiger partial charge in [0, 0.05) is 11.4 Å². The van der Waals surface area contributed by atoms with Crippen molar-refractivity contribution < 1.29 is 8.42 Å². The summed E-state index contributed by atoms with van der Waals surface area (Å²) < 4.78 is 27.3. The second-order valence-corrected chi connectivity index (χ2v) is 7.13. The Morgan fingerprint density at radius 3 is 2.70 bits per heavy atom. The van der Waals surface area contributed by atoms with Crippen LogP contribution in [-0.2, 0) is 16.6 Å². The van der Waals surface area contributed by atoms with Gasteiger partial charge in [0.2, 0.25) is 0 Å². The van der Waals surface area contributed by atoms with Crippen molar-refractivity contribution in [1.29, 1.82) is 0 Å². The molecule has 1 heterocycles. The smallest absolute Gasteiger partial charge is 0.263 e. The van der Waals surface area contributed by atoms with Crippen molar-refractivity contribution in [3.8, 4) is 0 Å². The van der Waals surface area contributed by atoms with Crippen LogP contribution in [0.3, 0.4) is 0 Å². The van der Waals surface area contributed by atoms with Crippen LogP contribution in [-0.4, -0.2) is 15.0 Å². The quantitative estimate of drug-likeness (QED) is 0.854. The molecule has 0 saturated heterocycles. The normalized spacial score (nSPS) is 11.5. The number of sulfonamides is 1. The monoisotopic (exact) mass is 330 g/mol. The van der Waals surface area contributed by atoms with Gasteiger partial charge in [-0.1, -0.05) is 30.7 Å². The molecule has 2 rings (SSSR count). The van der Waals surface area contributed by atoms with Crippen LogP contribution in [0.1, 0.15) is 11.8 Å². The second kappa shape index (κ2) is 6.58. The molecular weight excluding hydrogens is 316 g/mol. The number of halogens is 1. The molecule has 0 aliphatic rings. The number of hydrogen-bond acceptors (Lipinski definition) is 4. The molecule has 0 aliphatic carbocycles. The molecule has 0 unspecified atom stereocenters. The summed E-state index contributed by atoms with van der Waals surface area (Å²) in [6.45, 7) is 3.30. The van der Waals surface area contributed by atoms with Crippen molar-refractivity contribution >= 4 is 38.6 Å². The Kier molecular flexibility index (Phi) is 5.04. The number of rotatable bonds is 6. The Morgan fingerprint density at radius 1 is 1.25 bits per heavy atom. The highest BCUT2D eigenvalue weighted by atomic mass is 35.5. The zero-order chi connectivity index (χ0) is 14.6. The maximum Gasteiger partial charge on any atom is 0.263 e. The van der Waals surface area contributed by atoms with Gasteiger partial charge < -0.3 is 5.32 Å². The summed E-state index contributed by atoms with van der Waals surface area (Å²) in [7, 11) is -3.62. The van der Waals surface area contributed by atoms with E-state index in [2.05, 4.69) is 10.0 Å². The third-order valence-corrected chi connectivity index (χ3v) is 5.48. The minimum atomic E-state index is -3.62. The van der Waals surface area contributed by atoms with Gasteiger partial charge in [-0.2, -0.15) is 0 Å². The minimum Gasteiger partial charge on any atom is -0.312 e. The van der Waals surface area contributed by atoms with Crippen LogP contribution in [0.15, 0.2) is 40.6 Å².